The third kappa shape index (κ3) is 7.13. The fraction of sp³-hybridized carbons (Fsp3) is 0.0303. The molecule has 0 aliphatic heterocycles. The minimum Gasteiger partial charge on any atom is -0.310 e. The van der Waals surface area contributed by atoms with Crippen LogP contribution in [-0.2, 0) is 5.41 Å². The summed E-state index contributed by atoms with van der Waals surface area (Å²) in [6.45, 7) is 2.39. The highest BCUT2D eigenvalue weighted by molar-refractivity contribution is 5.97. The van der Waals surface area contributed by atoms with Gasteiger partial charge in [0.05, 0.1) is 0 Å². The van der Waals surface area contributed by atoms with Crippen LogP contribution in [0.2, 0.25) is 0 Å². The van der Waals surface area contributed by atoms with E-state index in [2.05, 4.69) is 279 Å². The number of hydrogen-bond donors (Lipinski definition) is 0. The van der Waals surface area contributed by atoms with E-state index in [1.54, 1.807) is 0 Å². The van der Waals surface area contributed by atoms with Crippen LogP contribution in [0.1, 0.15) is 23.6 Å². The summed E-state index contributed by atoms with van der Waals surface area (Å²) in [6, 6.07) is 97.6. The van der Waals surface area contributed by atoms with E-state index in [1.165, 1.54) is 94.2 Å². The zero-order valence-electron chi connectivity index (χ0n) is 37.4. The van der Waals surface area contributed by atoms with Crippen LogP contribution in [0.25, 0.3) is 77.5 Å². The molecule has 67 heavy (non-hydrogen) atoms. The van der Waals surface area contributed by atoms with Gasteiger partial charge < -0.3 is 4.90 Å². The zero-order valence-corrected chi connectivity index (χ0v) is 37.4. The Labute approximate surface area is 393 Å². The van der Waals surface area contributed by atoms with E-state index in [4.69, 9.17) is 0 Å². The van der Waals surface area contributed by atoms with Crippen LogP contribution in [0.5, 0.6) is 0 Å². The van der Waals surface area contributed by atoms with Crippen LogP contribution < -0.4 is 4.90 Å². The van der Waals surface area contributed by atoms with Gasteiger partial charge in [0, 0.05) is 22.5 Å². The van der Waals surface area contributed by atoms with Crippen LogP contribution in [0, 0.1) is 0 Å². The van der Waals surface area contributed by atoms with Crippen LogP contribution in [-0.4, -0.2) is 0 Å². The average molecular weight is 854 g/mol. The highest BCUT2D eigenvalue weighted by Gasteiger charge is 2.41. The van der Waals surface area contributed by atoms with E-state index in [0.29, 0.717) is 0 Å². The predicted octanol–water partition coefficient (Wildman–Crippen LogP) is 18.0. The van der Waals surface area contributed by atoms with Crippen molar-refractivity contribution >= 4 is 27.8 Å². The van der Waals surface area contributed by atoms with Gasteiger partial charge in [-0.2, -0.15) is 0 Å². The van der Waals surface area contributed by atoms with Gasteiger partial charge in [-0.05, 0) is 138 Å². The van der Waals surface area contributed by atoms with E-state index in [1.807, 2.05) is 0 Å². The van der Waals surface area contributed by atoms with Crippen molar-refractivity contribution in [1.82, 2.24) is 0 Å². The number of anilines is 3. The minimum absolute atomic E-state index is 0.253. The summed E-state index contributed by atoms with van der Waals surface area (Å²) < 4.78 is 0. The van der Waals surface area contributed by atoms with Gasteiger partial charge in [0.2, 0.25) is 0 Å². The lowest BCUT2D eigenvalue weighted by atomic mass is 9.74. The molecule has 1 heteroatoms. The summed E-state index contributed by atoms with van der Waals surface area (Å²) in [6.07, 6.45) is 0. The number of nitrogens with zero attached hydrogens (tertiary/aromatic N) is 1. The summed E-state index contributed by atoms with van der Waals surface area (Å²) in [7, 11) is 0. The molecule has 1 aliphatic rings. The Morgan fingerprint density at radius 2 is 0.716 bits per heavy atom. The third-order valence-corrected chi connectivity index (χ3v) is 14.0. The first-order chi connectivity index (χ1) is 33.1. The summed E-state index contributed by atoms with van der Waals surface area (Å²) in [5.41, 5.74) is 21.7. The van der Waals surface area contributed by atoms with E-state index in [9.17, 15) is 0 Å². The van der Waals surface area contributed by atoms with Crippen molar-refractivity contribution < 1.29 is 0 Å². The molecule has 1 unspecified atom stereocenters. The maximum absolute atomic E-state index is 2.39. The Morgan fingerprint density at radius 1 is 0.284 bits per heavy atom. The summed E-state index contributed by atoms with van der Waals surface area (Å²) in [5.74, 6) is 0. The van der Waals surface area contributed by atoms with Crippen molar-refractivity contribution in [3.63, 3.8) is 0 Å². The van der Waals surface area contributed by atoms with E-state index in [0.717, 1.165) is 17.1 Å². The molecule has 316 valence electrons. The number of benzene rings is 11. The lowest BCUT2D eigenvalue weighted by molar-refractivity contribution is 0.714. The average Bonchev–Trinajstić information content (AvgIpc) is 3.68. The molecular weight excluding hydrogens is 807 g/mol. The minimum atomic E-state index is -0.253. The van der Waals surface area contributed by atoms with Gasteiger partial charge in [-0.25, -0.2) is 0 Å². The highest BCUT2D eigenvalue weighted by Crippen LogP contribution is 2.55. The normalized spacial score (nSPS) is 13.8. The second-order valence-electron chi connectivity index (χ2n) is 17.8. The Balaban J connectivity index is 0.922. The predicted molar refractivity (Wildman–Crippen MR) is 283 cm³/mol. The van der Waals surface area contributed by atoms with Gasteiger partial charge in [-0.1, -0.05) is 231 Å². The fourth-order valence-corrected chi connectivity index (χ4v) is 10.5. The van der Waals surface area contributed by atoms with Gasteiger partial charge in [-0.15, -0.1) is 0 Å². The Bertz CT molecular complexity index is 3530. The van der Waals surface area contributed by atoms with Gasteiger partial charge in [0.15, 0.2) is 0 Å². The Hall–Kier alpha value is -8.52. The zero-order chi connectivity index (χ0) is 44.7. The van der Waals surface area contributed by atoms with Gasteiger partial charge in [0.25, 0.3) is 0 Å². The molecule has 11 aromatic rings. The number of hydrogen-bond acceptors (Lipinski definition) is 1. The topological polar surface area (TPSA) is 3.24 Å². The molecule has 0 fully saturated rings. The second kappa shape index (κ2) is 16.8. The molecule has 11 aromatic carbocycles. The molecule has 0 saturated heterocycles. The molecular formula is C66H47N. The molecule has 0 saturated carbocycles. The molecule has 0 radical (unpaired) electrons. The van der Waals surface area contributed by atoms with Crippen LogP contribution >= 0.6 is 0 Å². The largest absolute Gasteiger partial charge is 0.310 e. The molecule has 1 atom stereocenters. The Kier molecular flexibility index (Phi) is 10.0. The van der Waals surface area contributed by atoms with Crippen molar-refractivity contribution in [3.8, 4) is 66.8 Å². The molecule has 0 heterocycles. The molecule has 1 aliphatic carbocycles. The first kappa shape index (κ1) is 40.0. The maximum Gasteiger partial charge on any atom is 0.0467 e. The SMILES string of the molecule is CC1(c2ccccc2)c2ccccc2-c2c(-c3ccc(N(c4ccc(-c5ccc(-c6ccccc6)cc5)cc4)c4cccc(-c5ccc(-c6cccc7ccccc67)cc5)c4)cc3)cccc21. The lowest BCUT2D eigenvalue weighted by Gasteiger charge is -2.28. The molecule has 0 spiro atoms. The summed E-state index contributed by atoms with van der Waals surface area (Å²) in [5, 5.41) is 2.52. The summed E-state index contributed by atoms with van der Waals surface area (Å²) in [4.78, 5) is 2.39. The highest BCUT2D eigenvalue weighted by atomic mass is 15.1. The van der Waals surface area contributed by atoms with Crippen molar-refractivity contribution in [1.29, 1.82) is 0 Å². The smallest absolute Gasteiger partial charge is 0.0467 e. The monoisotopic (exact) mass is 853 g/mol. The van der Waals surface area contributed by atoms with E-state index < -0.39 is 0 Å². The molecule has 0 aromatic heterocycles. The van der Waals surface area contributed by atoms with E-state index >= 15 is 0 Å². The van der Waals surface area contributed by atoms with E-state index in [-0.39, 0.29) is 5.41 Å². The van der Waals surface area contributed by atoms with Crippen molar-refractivity contribution in [3.05, 3.63) is 284 Å². The Morgan fingerprint density at radius 3 is 1.42 bits per heavy atom. The van der Waals surface area contributed by atoms with Crippen LogP contribution in [0.3, 0.4) is 0 Å². The fourth-order valence-electron chi connectivity index (χ4n) is 10.5. The van der Waals surface area contributed by atoms with Crippen molar-refractivity contribution in [2.24, 2.45) is 0 Å². The van der Waals surface area contributed by atoms with Crippen LogP contribution in [0.4, 0.5) is 17.1 Å². The van der Waals surface area contributed by atoms with Gasteiger partial charge in [-0.3, -0.25) is 0 Å². The first-order valence-electron chi connectivity index (χ1n) is 23.2. The second-order valence-corrected chi connectivity index (χ2v) is 17.8. The quantitative estimate of drug-likeness (QED) is 0.140. The molecule has 0 N–H and O–H groups in total. The lowest BCUT2D eigenvalue weighted by Crippen LogP contribution is -2.22. The molecule has 0 amide bonds. The molecule has 0 bridgehead atoms. The van der Waals surface area contributed by atoms with Crippen molar-refractivity contribution in [2.45, 2.75) is 12.3 Å². The standard InChI is InChI=1S/C66H47N/c1-66(55-20-6-3-7-21-55)63-27-11-10-24-62(63)65-61(26-14-28-64(65)66)53-39-43-57(44-40-53)67(56-41-37-49(38-42-56)48-31-29-47(30-32-48)46-15-4-2-5-16-46)58-22-12-19-54(45-58)50-33-35-52(36-34-50)60-25-13-18-51-17-8-9-23-59(51)60/h2-45H,1H3. The first-order valence-corrected chi connectivity index (χ1v) is 23.2. The third-order valence-electron chi connectivity index (χ3n) is 14.0. The van der Waals surface area contributed by atoms with Gasteiger partial charge >= 0.3 is 0 Å². The van der Waals surface area contributed by atoms with Crippen LogP contribution in [0.15, 0.2) is 267 Å². The number of rotatable bonds is 9. The van der Waals surface area contributed by atoms with Gasteiger partial charge in [0.1, 0.15) is 0 Å². The maximum atomic E-state index is 2.39. The molecule has 12 rings (SSSR count). The summed E-state index contributed by atoms with van der Waals surface area (Å²) >= 11 is 0. The number of fused-ring (bicyclic) bond motifs is 4. The molecule has 1 nitrogen and oxygen atoms in total. The van der Waals surface area contributed by atoms with Crippen molar-refractivity contribution in [2.75, 3.05) is 4.90 Å².